The number of rotatable bonds is 15. The summed E-state index contributed by atoms with van der Waals surface area (Å²) < 4.78 is 0. The van der Waals surface area contributed by atoms with Crippen LogP contribution in [-0.2, 0) is 9.59 Å². The molecule has 0 aliphatic rings. The molecule has 0 saturated carbocycles. The molecule has 154 valence electrons. The van der Waals surface area contributed by atoms with Gasteiger partial charge in [0, 0.05) is 34.2 Å². The summed E-state index contributed by atoms with van der Waals surface area (Å²) in [7, 11) is 3.75. The Morgan fingerprint density at radius 3 is 1.19 bits per heavy atom. The zero-order valence-corrected chi connectivity index (χ0v) is 20.1. The third kappa shape index (κ3) is 8.37. The Morgan fingerprint density at radius 1 is 0.692 bits per heavy atom. The Bertz CT molecular complexity index is 386. The molecule has 0 aromatic carbocycles. The molecule has 2 nitrogen and oxygen atoms in total. The van der Waals surface area contributed by atoms with Gasteiger partial charge in [0.25, 0.3) is 0 Å². The molecule has 4 heteroatoms. The lowest BCUT2D eigenvalue weighted by Crippen LogP contribution is -2.26. The van der Waals surface area contributed by atoms with Crippen molar-refractivity contribution in [3.63, 3.8) is 0 Å². The van der Waals surface area contributed by atoms with Gasteiger partial charge in [0.15, 0.2) is 0 Å². The molecule has 0 spiro atoms. The van der Waals surface area contributed by atoms with E-state index in [0.717, 1.165) is 38.5 Å². The molecule has 0 saturated heterocycles. The molecule has 0 aliphatic carbocycles. The summed E-state index contributed by atoms with van der Waals surface area (Å²) in [5, 5.41) is 0.938. The third-order valence-corrected chi connectivity index (χ3v) is 9.95. The van der Waals surface area contributed by atoms with Crippen LogP contribution < -0.4 is 0 Å². The van der Waals surface area contributed by atoms with Gasteiger partial charge in [-0.2, -0.15) is 0 Å². The van der Waals surface area contributed by atoms with Gasteiger partial charge in [0.2, 0.25) is 0 Å². The van der Waals surface area contributed by atoms with Gasteiger partial charge < -0.3 is 0 Å². The van der Waals surface area contributed by atoms with E-state index in [4.69, 9.17) is 0 Å². The SMILES string of the molecule is CCC(C)(CC)C(=O)CCC(C)SSC(C)CCC(=O)C(C)(CC)CC. The molecule has 0 amide bonds. The van der Waals surface area contributed by atoms with Crippen molar-refractivity contribution in [2.24, 2.45) is 10.8 Å². The first kappa shape index (κ1) is 26.0. The average Bonchev–Trinajstić information content (AvgIpc) is 2.66. The summed E-state index contributed by atoms with van der Waals surface area (Å²) in [6, 6.07) is 0. The Balaban J connectivity index is 4.18. The lowest BCUT2D eigenvalue weighted by Gasteiger charge is -2.26. The van der Waals surface area contributed by atoms with Crippen molar-refractivity contribution < 1.29 is 9.59 Å². The van der Waals surface area contributed by atoms with Crippen molar-refractivity contribution in [3.05, 3.63) is 0 Å². The maximum absolute atomic E-state index is 12.4. The minimum absolute atomic E-state index is 0.142. The first-order chi connectivity index (χ1) is 12.1. The Hall–Kier alpha value is 0.0400. The van der Waals surface area contributed by atoms with Crippen LogP contribution in [0.3, 0.4) is 0 Å². The van der Waals surface area contributed by atoms with E-state index in [9.17, 15) is 9.59 Å². The third-order valence-electron chi connectivity index (χ3n) is 6.41. The second-order valence-corrected chi connectivity index (χ2v) is 11.4. The number of hydrogen-bond acceptors (Lipinski definition) is 4. The van der Waals surface area contributed by atoms with Gasteiger partial charge in [0.1, 0.15) is 11.6 Å². The highest BCUT2D eigenvalue weighted by molar-refractivity contribution is 8.77. The summed E-state index contributed by atoms with van der Waals surface area (Å²) in [5.41, 5.74) is -0.285. The Kier molecular flexibility index (Phi) is 12.5. The molecule has 0 radical (unpaired) electrons. The number of ketones is 2. The predicted octanol–water partition coefficient (Wildman–Crippen LogP) is 7.50. The lowest BCUT2D eigenvalue weighted by molar-refractivity contribution is -0.129. The van der Waals surface area contributed by atoms with Crippen molar-refractivity contribution in [1.82, 2.24) is 0 Å². The molecule has 0 heterocycles. The molecular weight excluding hydrogens is 360 g/mol. The van der Waals surface area contributed by atoms with E-state index in [0.29, 0.717) is 34.9 Å². The van der Waals surface area contributed by atoms with Crippen LogP contribution in [-0.4, -0.2) is 22.1 Å². The quantitative estimate of drug-likeness (QED) is 0.266. The molecule has 0 bridgehead atoms. The maximum Gasteiger partial charge on any atom is 0.138 e. The van der Waals surface area contributed by atoms with Crippen LogP contribution in [0.25, 0.3) is 0 Å². The topological polar surface area (TPSA) is 34.1 Å². The highest BCUT2D eigenvalue weighted by atomic mass is 33.1. The minimum atomic E-state index is -0.142. The van der Waals surface area contributed by atoms with Crippen LogP contribution in [0.2, 0.25) is 0 Å². The molecule has 0 N–H and O–H groups in total. The number of carbonyl (C=O) groups is 2. The number of carbonyl (C=O) groups excluding carboxylic acids is 2. The zero-order valence-electron chi connectivity index (χ0n) is 18.4. The summed E-state index contributed by atoms with van der Waals surface area (Å²) in [6.07, 6.45) is 6.98. The van der Waals surface area contributed by atoms with Crippen molar-refractivity contribution in [2.45, 2.75) is 117 Å². The normalized spacial score (nSPS) is 14.9. The van der Waals surface area contributed by atoms with Crippen molar-refractivity contribution in [2.75, 3.05) is 0 Å². The molecule has 2 atom stereocenters. The standard InChI is InChI=1S/C22H42O2S2/c1-9-21(7,10-2)19(23)15-13-17(5)25-26-18(6)14-16-20(24)22(8,11-3)12-4/h17-18H,9-16H2,1-8H3. The van der Waals surface area contributed by atoms with Crippen LogP contribution >= 0.6 is 21.6 Å². The second kappa shape index (κ2) is 12.5. The van der Waals surface area contributed by atoms with E-state index in [1.54, 1.807) is 0 Å². The monoisotopic (exact) mass is 402 g/mol. The molecule has 26 heavy (non-hydrogen) atoms. The average molecular weight is 403 g/mol. The molecule has 0 aromatic heterocycles. The zero-order chi connectivity index (χ0) is 20.4. The highest BCUT2D eigenvalue weighted by Crippen LogP contribution is 2.37. The van der Waals surface area contributed by atoms with Gasteiger partial charge in [0.05, 0.1) is 0 Å². The van der Waals surface area contributed by atoms with Crippen molar-refractivity contribution >= 4 is 33.2 Å². The van der Waals surface area contributed by atoms with Crippen molar-refractivity contribution in [1.29, 1.82) is 0 Å². The Morgan fingerprint density at radius 2 is 0.962 bits per heavy atom. The first-order valence-electron chi connectivity index (χ1n) is 10.5. The summed E-state index contributed by atoms with van der Waals surface area (Å²) in [4.78, 5) is 24.9. The van der Waals surface area contributed by atoms with Crippen LogP contribution in [0.15, 0.2) is 0 Å². The molecular formula is C22H42O2S2. The first-order valence-corrected chi connectivity index (χ1v) is 12.7. The number of Topliss-reactive ketones (excluding diaryl/α,β-unsaturated/α-hetero) is 2. The van der Waals surface area contributed by atoms with E-state index in [1.807, 2.05) is 21.6 Å². The maximum atomic E-state index is 12.4. The van der Waals surface area contributed by atoms with E-state index in [2.05, 4.69) is 55.4 Å². The van der Waals surface area contributed by atoms with Crippen LogP contribution in [0.4, 0.5) is 0 Å². The number of hydrogen-bond donors (Lipinski definition) is 0. The fourth-order valence-corrected chi connectivity index (χ4v) is 5.37. The van der Waals surface area contributed by atoms with E-state index >= 15 is 0 Å². The summed E-state index contributed by atoms with van der Waals surface area (Å²) in [5.74, 6) is 0.828. The van der Waals surface area contributed by atoms with Crippen LogP contribution in [0.1, 0.15) is 107 Å². The molecule has 0 rings (SSSR count). The van der Waals surface area contributed by atoms with E-state index in [1.165, 1.54) is 0 Å². The van der Waals surface area contributed by atoms with Crippen LogP contribution in [0.5, 0.6) is 0 Å². The fourth-order valence-electron chi connectivity index (χ4n) is 2.85. The summed E-state index contributed by atoms with van der Waals surface area (Å²) in [6.45, 7) is 17.1. The van der Waals surface area contributed by atoms with Crippen molar-refractivity contribution in [3.8, 4) is 0 Å². The van der Waals surface area contributed by atoms with Gasteiger partial charge in [-0.15, -0.1) is 0 Å². The summed E-state index contributed by atoms with van der Waals surface area (Å²) >= 11 is 0. The van der Waals surface area contributed by atoms with Gasteiger partial charge in [-0.1, -0.05) is 77.0 Å². The largest absolute Gasteiger partial charge is 0.299 e. The fraction of sp³-hybridized carbons (Fsp3) is 0.909. The van der Waals surface area contributed by atoms with Crippen LogP contribution in [0, 0.1) is 10.8 Å². The van der Waals surface area contributed by atoms with E-state index in [-0.39, 0.29) is 10.8 Å². The van der Waals surface area contributed by atoms with Gasteiger partial charge >= 0.3 is 0 Å². The van der Waals surface area contributed by atoms with E-state index < -0.39 is 0 Å². The molecule has 0 fully saturated rings. The predicted molar refractivity (Wildman–Crippen MR) is 120 cm³/mol. The second-order valence-electron chi connectivity index (χ2n) is 8.27. The van der Waals surface area contributed by atoms with Gasteiger partial charge in [-0.3, -0.25) is 9.59 Å². The minimum Gasteiger partial charge on any atom is -0.299 e. The molecule has 0 aromatic rings. The lowest BCUT2D eigenvalue weighted by atomic mass is 9.78. The smallest absolute Gasteiger partial charge is 0.138 e. The van der Waals surface area contributed by atoms with Gasteiger partial charge in [-0.05, 0) is 38.5 Å². The van der Waals surface area contributed by atoms with Gasteiger partial charge in [-0.25, -0.2) is 0 Å². The molecule has 0 aliphatic heterocycles. The Labute approximate surface area is 170 Å². The highest BCUT2D eigenvalue weighted by Gasteiger charge is 2.29. The molecule has 2 unspecified atom stereocenters.